The SMILES string of the molecule is CCO[Si]1(C)CCC(SSC2CC[Si](C)(OCC)C2)C1. The van der Waals surface area contributed by atoms with E-state index in [9.17, 15) is 0 Å². The van der Waals surface area contributed by atoms with Gasteiger partial charge >= 0.3 is 0 Å². The van der Waals surface area contributed by atoms with Crippen molar-refractivity contribution >= 4 is 38.2 Å². The third-order valence-electron chi connectivity index (χ3n) is 4.62. The molecule has 2 fully saturated rings. The Kier molecular flexibility index (Phi) is 6.57. The minimum Gasteiger partial charge on any atom is -0.417 e. The molecule has 2 nitrogen and oxygen atoms in total. The Bertz CT molecular complexity index is 292. The highest BCUT2D eigenvalue weighted by Crippen LogP contribution is 2.48. The summed E-state index contributed by atoms with van der Waals surface area (Å²) in [7, 11) is 1.70. The molecular weight excluding hydrogens is 320 g/mol. The zero-order valence-corrected chi connectivity index (χ0v) is 17.1. The van der Waals surface area contributed by atoms with E-state index in [4.69, 9.17) is 8.85 Å². The van der Waals surface area contributed by atoms with Crippen LogP contribution in [0.3, 0.4) is 0 Å². The first-order valence-corrected chi connectivity index (χ1v) is 16.0. The maximum Gasteiger partial charge on any atom is 0.190 e. The van der Waals surface area contributed by atoms with E-state index < -0.39 is 16.6 Å². The van der Waals surface area contributed by atoms with Crippen molar-refractivity contribution in [2.75, 3.05) is 13.2 Å². The van der Waals surface area contributed by atoms with Gasteiger partial charge in [0.25, 0.3) is 0 Å². The summed E-state index contributed by atoms with van der Waals surface area (Å²) in [6.45, 7) is 11.0. The molecule has 2 aliphatic rings. The normalized spacial score (nSPS) is 41.4. The maximum absolute atomic E-state index is 6.06. The molecule has 4 unspecified atom stereocenters. The minimum atomic E-state index is -1.32. The van der Waals surface area contributed by atoms with Crippen molar-refractivity contribution in [1.82, 2.24) is 0 Å². The van der Waals surface area contributed by atoms with Gasteiger partial charge in [-0.15, -0.1) is 0 Å². The van der Waals surface area contributed by atoms with E-state index in [1.54, 1.807) is 0 Å². The van der Waals surface area contributed by atoms with Gasteiger partial charge in [-0.2, -0.15) is 0 Å². The van der Waals surface area contributed by atoms with Gasteiger partial charge in [-0.05, 0) is 64.0 Å². The van der Waals surface area contributed by atoms with Crippen LogP contribution in [0.5, 0.6) is 0 Å². The Morgan fingerprint density at radius 2 is 1.25 bits per heavy atom. The van der Waals surface area contributed by atoms with Crippen molar-refractivity contribution in [3.05, 3.63) is 0 Å². The molecule has 2 saturated heterocycles. The lowest BCUT2D eigenvalue weighted by Gasteiger charge is -2.22. The second kappa shape index (κ2) is 7.55. The van der Waals surface area contributed by atoms with Crippen LogP contribution >= 0.6 is 21.6 Å². The average Bonchev–Trinajstić information content (AvgIpc) is 2.92. The van der Waals surface area contributed by atoms with Crippen LogP contribution in [0.2, 0.25) is 37.3 Å². The van der Waals surface area contributed by atoms with Crippen molar-refractivity contribution in [3.8, 4) is 0 Å². The third kappa shape index (κ3) is 4.78. The topological polar surface area (TPSA) is 18.5 Å². The fourth-order valence-corrected chi connectivity index (χ4v) is 16.7. The summed E-state index contributed by atoms with van der Waals surface area (Å²) in [5, 5.41) is 1.70. The van der Waals surface area contributed by atoms with Gasteiger partial charge in [0.2, 0.25) is 0 Å². The fraction of sp³-hybridized carbons (Fsp3) is 1.00. The van der Waals surface area contributed by atoms with E-state index >= 15 is 0 Å². The lowest BCUT2D eigenvalue weighted by Crippen LogP contribution is -2.31. The molecule has 0 radical (unpaired) electrons. The number of hydrogen-bond acceptors (Lipinski definition) is 4. The first-order valence-electron chi connectivity index (χ1n) is 8.09. The zero-order chi connectivity index (χ0) is 14.6. The van der Waals surface area contributed by atoms with Crippen LogP contribution in [0.1, 0.15) is 26.7 Å². The summed E-state index contributed by atoms with van der Waals surface area (Å²) in [5.41, 5.74) is 0. The van der Waals surface area contributed by atoms with Crippen molar-refractivity contribution in [1.29, 1.82) is 0 Å². The van der Waals surface area contributed by atoms with E-state index in [0.29, 0.717) is 0 Å². The molecular formula is C14H30O2S2Si2. The number of hydrogen-bond donors (Lipinski definition) is 0. The van der Waals surface area contributed by atoms with Crippen LogP contribution in [0, 0.1) is 0 Å². The molecule has 0 N–H and O–H groups in total. The lowest BCUT2D eigenvalue weighted by atomic mass is 10.4. The van der Waals surface area contributed by atoms with Gasteiger partial charge in [-0.1, -0.05) is 21.6 Å². The Balaban J connectivity index is 1.70. The van der Waals surface area contributed by atoms with E-state index in [0.717, 1.165) is 23.7 Å². The summed E-state index contributed by atoms with van der Waals surface area (Å²) in [6.07, 6.45) is 2.76. The second-order valence-corrected chi connectivity index (χ2v) is 17.8. The smallest absolute Gasteiger partial charge is 0.190 e. The summed E-state index contributed by atoms with van der Waals surface area (Å²) < 4.78 is 12.1. The summed E-state index contributed by atoms with van der Waals surface area (Å²) in [4.78, 5) is 0. The van der Waals surface area contributed by atoms with Crippen LogP contribution in [-0.4, -0.2) is 40.3 Å². The predicted octanol–water partition coefficient (Wildman–Crippen LogP) is 5.14. The Hall–Kier alpha value is 1.05. The molecule has 0 aromatic carbocycles. The van der Waals surface area contributed by atoms with Crippen molar-refractivity contribution in [2.24, 2.45) is 0 Å². The monoisotopic (exact) mass is 350 g/mol. The van der Waals surface area contributed by atoms with E-state index in [1.165, 1.54) is 37.0 Å². The van der Waals surface area contributed by atoms with Crippen LogP contribution < -0.4 is 0 Å². The highest BCUT2D eigenvalue weighted by molar-refractivity contribution is 8.77. The standard InChI is InChI=1S/C14H30O2S2Si2/c1-5-15-19(3)9-7-13(11-19)17-18-14-8-10-20(4,12-14)16-6-2/h13-14H,5-12H2,1-4H3. The molecule has 2 aliphatic heterocycles. The molecule has 2 rings (SSSR count). The Morgan fingerprint density at radius 1 is 0.850 bits per heavy atom. The third-order valence-corrected chi connectivity index (χ3v) is 16.0. The van der Waals surface area contributed by atoms with Crippen molar-refractivity contribution in [3.63, 3.8) is 0 Å². The van der Waals surface area contributed by atoms with Crippen LogP contribution in [0.4, 0.5) is 0 Å². The molecule has 0 bridgehead atoms. The lowest BCUT2D eigenvalue weighted by molar-refractivity contribution is 0.328. The van der Waals surface area contributed by atoms with Gasteiger partial charge < -0.3 is 8.85 Å². The molecule has 0 aromatic rings. The molecule has 0 amide bonds. The highest BCUT2D eigenvalue weighted by Gasteiger charge is 2.42. The Morgan fingerprint density at radius 3 is 1.60 bits per heavy atom. The fourth-order valence-electron chi connectivity index (χ4n) is 3.58. The van der Waals surface area contributed by atoms with Crippen LogP contribution in [0.15, 0.2) is 0 Å². The molecule has 0 aromatic heterocycles. The first kappa shape index (κ1) is 17.4. The van der Waals surface area contributed by atoms with E-state index in [1.807, 2.05) is 0 Å². The molecule has 20 heavy (non-hydrogen) atoms. The van der Waals surface area contributed by atoms with Crippen molar-refractivity contribution in [2.45, 2.75) is 74.5 Å². The highest BCUT2D eigenvalue weighted by atomic mass is 33.1. The summed E-state index contributed by atoms with van der Waals surface area (Å²) in [5.74, 6) is 0. The van der Waals surface area contributed by atoms with Gasteiger partial charge in [0.05, 0.1) is 0 Å². The van der Waals surface area contributed by atoms with Gasteiger partial charge in [0, 0.05) is 23.7 Å². The largest absolute Gasteiger partial charge is 0.417 e. The molecule has 0 spiro atoms. The van der Waals surface area contributed by atoms with E-state index in [-0.39, 0.29) is 0 Å². The van der Waals surface area contributed by atoms with Gasteiger partial charge in [-0.25, -0.2) is 0 Å². The molecule has 0 saturated carbocycles. The van der Waals surface area contributed by atoms with Crippen molar-refractivity contribution < 1.29 is 8.85 Å². The van der Waals surface area contributed by atoms with Gasteiger partial charge in [0.1, 0.15) is 0 Å². The second-order valence-electron chi connectivity index (χ2n) is 6.69. The predicted molar refractivity (Wildman–Crippen MR) is 97.7 cm³/mol. The summed E-state index contributed by atoms with van der Waals surface area (Å²) in [6, 6.07) is 5.47. The summed E-state index contributed by atoms with van der Waals surface area (Å²) >= 11 is 0. The molecule has 4 atom stereocenters. The van der Waals surface area contributed by atoms with E-state index in [2.05, 4.69) is 48.5 Å². The van der Waals surface area contributed by atoms with Crippen LogP contribution in [0.25, 0.3) is 0 Å². The first-order chi connectivity index (χ1) is 9.49. The van der Waals surface area contributed by atoms with Gasteiger partial charge in [0.15, 0.2) is 16.6 Å². The number of rotatable bonds is 7. The minimum absolute atomic E-state index is 0.851. The zero-order valence-electron chi connectivity index (χ0n) is 13.4. The molecule has 6 heteroatoms. The molecule has 2 heterocycles. The maximum atomic E-state index is 6.06. The Labute approximate surface area is 134 Å². The van der Waals surface area contributed by atoms with Gasteiger partial charge in [-0.3, -0.25) is 0 Å². The quantitative estimate of drug-likeness (QED) is 0.467. The molecule has 118 valence electrons. The molecule has 0 aliphatic carbocycles. The van der Waals surface area contributed by atoms with Crippen LogP contribution in [-0.2, 0) is 8.85 Å². The average molecular weight is 351 g/mol.